The van der Waals surface area contributed by atoms with E-state index in [0.717, 1.165) is 42.0 Å². The Morgan fingerprint density at radius 1 is 0.786 bits per heavy atom. The summed E-state index contributed by atoms with van der Waals surface area (Å²) < 4.78 is 81.5. The summed E-state index contributed by atoms with van der Waals surface area (Å²) in [5.74, 6) is 1.81. The monoisotopic (exact) mass is 643 g/mol. The molecule has 0 aromatic heterocycles. The van der Waals surface area contributed by atoms with Crippen LogP contribution >= 0.6 is 0 Å². The fourth-order valence-corrected chi connectivity index (χ4v) is 7.93. The number of nitrogens with one attached hydrogen (secondary N) is 1. The summed E-state index contributed by atoms with van der Waals surface area (Å²) in [6.45, 7) is 22.1. The summed E-state index contributed by atoms with van der Waals surface area (Å²) >= 11 is 0. The first kappa shape index (κ1) is 34.7. The fourth-order valence-electron chi connectivity index (χ4n) is 4.53. The van der Waals surface area contributed by atoms with Gasteiger partial charge in [-0.25, -0.2) is 13.1 Å². The molecule has 1 N–H and O–H groups in total. The number of alkyl halides is 3. The predicted octanol–water partition coefficient (Wildman–Crippen LogP) is 9.48. The molecule has 5 nitrogen and oxygen atoms in total. The lowest BCUT2D eigenvalue weighted by atomic mass is 9.81. The zero-order valence-electron chi connectivity index (χ0n) is 26.7. The smallest absolute Gasteiger partial charge is 0.416 e. The molecule has 0 spiro atoms. The SMILES string of the molecule is CC(C)(C)[Si](C)(C)Oc1ccc(C2CCC(NS(=O)(=O)c3cccc(C(F)(F)F)c3)CC2)c(O[Si](C)(C)C(C)(C)C)c1. The summed E-state index contributed by atoms with van der Waals surface area (Å²) in [5, 5.41) is 0.0474. The van der Waals surface area contributed by atoms with Crippen LogP contribution in [0, 0.1) is 0 Å². The van der Waals surface area contributed by atoms with Gasteiger partial charge < -0.3 is 8.85 Å². The van der Waals surface area contributed by atoms with Gasteiger partial charge in [-0.2, -0.15) is 13.2 Å². The van der Waals surface area contributed by atoms with Gasteiger partial charge in [-0.3, -0.25) is 0 Å². The molecule has 0 heterocycles. The highest BCUT2D eigenvalue weighted by atomic mass is 32.2. The molecule has 0 amide bonds. The third-order valence-corrected chi connectivity index (χ3v) is 19.5. The lowest BCUT2D eigenvalue weighted by molar-refractivity contribution is -0.137. The fraction of sp³-hybridized carbons (Fsp3) is 0.613. The van der Waals surface area contributed by atoms with E-state index in [1.807, 2.05) is 12.1 Å². The molecule has 1 aliphatic rings. The van der Waals surface area contributed by atoms with Crippen molar-refractivity contribution in [3.05, 3.63) is 53.6 Å². The number of benzene rings is 2. The van der Waals surface area contributed by atoms with Crippen molar-refractivity contribution in [3.63, 3.8) is 0 Å². The maximum Gasteiger partial charge on any atom is 0.416 e. The van der Waals surface area contributed by atoms with E-state index in [1.165, 1.54) is 6.07 Å². The van der Waals surface area contributed by atoms with E-state index in [0.29, 0.717) is 18.9 Å². The van der Waals surface area contributed by atoms with Gasteiger partial charge in [-0.15, -0.1) is 0 Å². The average molecular weight is 644 g/mol. The molecule has 1 fully saturated rings. The summed E-state index contributed by atoms with van der Waals surface area (Å²) in [6.07, 6.45) is -2.01. The molecule has 0 atom stereocenters. The van der Waals surface area contributed by atoms with Crippen LogP contribution < -0.4 is 13.6 Å². The van der Waals surface area contributed by atoms with Gasteiger partial charge in [-0.1, -0.05) is 53.7 Å². The van der Waals surface area contributed by atoms with E-state index in [1.54, 1.807) is 0 Å². The van der Waals surface area contributed by atoms with Crippen LogP contribution in [0.5, 0.6) is 11.5 Å². The second kappa shape index (κ2) is 11.9. The topological polar surface area (TPSA) is 64.6 Å². The summed E-state index contributed by atoms with van der Waals surface area (Å²) in [7, 11) is -8.33. The van der Waals surface area contributed by atoms with Crippen LogP contribution in [0.2, 0.25) is 36.3 Å². The second-order valence-corrected chi connectivity index (χ2v) is 25.8. The average Bonchev–Trinajstić information content (AvgIpc) is 2.82. The molecule has 1 saturated carbocycles. The molecule has 11 heteroatoms. The zero-order chi connectivity index (χ0) is 31.9. The molecule has 1 aliphatic carbocycles. The molecule has 2 aromatic carbocycles. The highest BCUT2D eigenvalue weighted by Gasteiger charge is 2.41. The Hall–Kier alpha value is -1.83. The molecule has 42 heavy (non-hydrogen) atoms. The van der Waals surface area contributed by atoms with E-state index in [9.17, 15) is 21.6 Å². The quantitative estimate of drug-likeness (QED) is 0.291. The molecule has 2 aromatic rings. The van der Waals surface area contributed by atoms with Crippen LogP contribution in [-0.4, -0.2) is 31.1 Å². The Kier molecular flexibility index (Phi) is 9.85. The second-order valence-electron chi connectivity index (χ2n) is 14.6. The minimum absolute atomic E-state index is 0.0000790. The highest BCUT2D eigenvalue weighted by molar-refractivity contribution is 7.89. The molecule has 0 aliphatic heterocycles. The van der Waals surface area contributed by atoms with Crippen molar-refractivity contribution >= 4 is 26.7 Å². The van der Waals surface area contributed by atoms with Gasteiger partial charge in [0.2, 0.25) is 26.7 Å². The largest absolute Gasteiger partial charge is 0.543 e. The lowest BCUT2D eigenvalue weighted by Gasteiger charge is -2.39. The van der Waals surface area contributed by atoms with Crippen LogP contribution in [-0.2, 0) is 16.2 Å². The number of halogens is 3. The van der Waals surface area contributed by atoms with E-state index >= 15 is 0 Å². The van der Waals surface area contributed by atoms with E-state index in [4.69, 9.17) is 8.85 Å². The Balaban J connectivity index is 1.82. The van der Waals surface area contributed by atoms with Gasteiger partial charge in [0, 0.05) is 12.1 Å². The van der Waals surface area contributed by atoms with Crippen molar-refractivity contribution in [2.75, 3.05) is 0 Å². The van der Waals surface area contributed by atoms with Gasteiger partial charge in [0.05, 0.1) is 10.5 Å². The summed E-state index contributed by atoms with van der Waals surface area (Å²) in [4.78, 5) is -0.373. The van der Waals surface area contributed by atoms with Gasteiger partial charge in [0.25, 0.3) is 0 Å². The molecule has 0 bridgehead atoms. The van der Waals surface area contributed by atoms with Gasteiger partial charge in [0.1, 0.15) is 11.5 Å². The van der Waals surface area contributed by atoms with Crippen molar-refractivity contribution in [1.82, 2.24) is 4.72 Å². The maximum absolute atomic E-state index is 13.1. The third-order valence-electron chi connectivity index (χ3n) is 9.30. The summed E-state index contributed by atoms with van der Waals surface area (Å²) in [5.41, 5.74) is 0.117. The van der Waals surface area contributed by atoms with Crippen LogP contribution in [0.15, 0.2) is 47.4 Å². The van der Waals surface area contributed by atoms with Crippen LogP contribution in [0.4, 0.5) is 13.2 Å². The first-order valence-corrected chi connectivity index (χ1v) is 21.9. The Morgan fingerprint density at radius 2 is 1.33 bits per heavy atom. The zero-order valence-corrected chi connectivity index (χ0v) is 29.5. The van der Waals surface area contributed by atoms with Crippen molar-refractivity contribution in [3.8, 4) is 11.5 Å². The first-order valence-electron chi connectivity index (χ1n) is 14.6. The third kappa shape index (κ3) is 8.21. The number of sulfonamides is 1. The van der Waals surface area contributed by atoms with Gasteiger partial charge in [-0.05, 0) is 97.7 Å². The normalized spacial score (nSPS) is 19.5. The molecule has 0 unspecified atom stereocenters. The van der Waals surface area contributed by atoms with Crippen molar-refractivity contribution in [2.45, 2.75) is 127 Å². The molecule has 0 radical (unpaired) electrons. The Labute approximate surface area is 252 Å². The van der Waals surface area contributed by atoms with Crippen molar-refractivity contribution < 1.29 is 30.4 Å². The van der Waals surface area contributed by atoms with Crippen LogP contribution in [0.1, 0.15) is 84.3 Å². The summed E-state index contributed by atoms with van der Waals surface area (Å²) in [6, 6.07) is 9.69. The van der Waals surface area contributed by atoms with Crippen LogP contribution in [0.25, 0.3) is 0 Å². The predicted molar refractivity (Wildman–Crippen MR) is 169 cm³/mol. The number of hydrogen-bond donors (Lipinski definition) is 1. The van der Waals surface area contributed by atoms with Crippen LogP contribution in [0.3, 0.4) is 0 Å². The van der Waals surface area contributed by atoms with E-state index in [2.05, 4.69) is 78.5 Å². The Bertz CT molecular complexity index is 1360. The van der Waals surface area contributed by atoms with Gasteiger partial charge in [0.15, 0.2) is 0 Å². The lowest BCUT2D eigenvalue weighted by Crippen LogP contribution is -2.44. The van der Waals surface area contributed by atoms with Crippen molar-refractivity contribution in [1.29, 1.82) is 0 Å². The standard InChI is InChI=1S/C31H48F3NO4SSi2/c1-29(2,3)41(7,8)38-25-18-19-27(28(21-25)39-42(9,10)30(4,5)6)22-14-16-24(17-15-22)35-40(36,37)26-13-11-12-23(20-26)31(32,33)34/h11-13,18-22,24,35H,14-17H2,1-10H3. The molecule has 236 valence electrons. The van der Waals surface area contributed by atoms with E-state index < -0.39 is 38.4 Å². The van der Waals surface area contributed by atoms with Gasteiger partial charge >= 0.3 is 6.18 Å². The molecule has 3 rings (SSSR count). The highest BCUT2D eigenvalue weighted by Crippen LogP contribution is 2.45. The minimum Gasteiger partial charge on any atom is -0.543 e. The maximum atomic E-state index is 13.1. The molecule has 0 saturated heterocycles. The first-order chi connectivity index (χ1) is 18.9. The number of hydrogen-bond acceptors (Lipinski definition) is 4. The molecular formula is C31H48F3NO4SSi2. The molecular weight excluding hydrogens is 596 g/mol. The Morgan fingerprint density at radius 3 is 1.86 bits per heavy atom. The van der Waals surface area contributed by atoms with E-state index in [-0.39, 0.29) is 26.9 Å². The van der Waals surface area contributed by atoms with Crippen molar-refractivity contribution in [2.24, 2.45) is 0 Å². The number of rotatable bonds is 8. The minimum atomic E-state index is -4.61.